The van der Waals surface area contributed by atoms with Gasteiger partial charge in [-0.25, -0.2) is 9.59 Å². The van der Waals surface area contributed by atoms with Gasteiger partial charge in [0.1, 0.15) is 0 Å². The van der Waals surface area contributed by atoms with Crippen LogP contribution in [0.15, 0.2) is 6.07 Å². The van der Waals surface area contributed by atoms with Crippen LogP contribution in [0.3, 0.4) is 0 Å². The Kier molecular flexibility index (Phi) is 2.78. The third kappa shape index (κ3) is 1.81. The lowest BCUT2D eigenvalue weighted by Gasteiger charge is -2.10. The minimum Gasteiger partial charge on any atom is -0.481 e. The van der Waals surface area contributed by atoms with E-state index in [0.717, 1.165) is 0 Å². The fourth-order valence-corrected chi connectivity index (χ4v) is 2.38. The van der Waals surface area contributed by atoms with Crippen LogP contribution >= 0.6 is 0 Å². The Morgan fingerprint density at radius 2 is 1.72 bits per heavy atom. The molecule has 18 heavy (non-hydrogen) atoms. The molecule has 2 bridgehead atoms. The summed E-state index contributed by atoms with van der Waals surface area (Å²) in [6.45, 7) is 0. The van der Waals surface area contributed by atoms with E-state index in [4.69, 9.17) is 15.3 Å². The topological polar surface area (TPSA) is 112 Å². The number of carboxylic acids is 3. The first-order valence-electron chi connectivity index (χ1n) is 5.27. The van der Waals surface area contributed by atoms with Gasteiger partial charge in [-0.15, -0.1) is 0 Å². The zero-order chi connectivity index (χ0) is 13.4. The smallest absolute Gasteiger partial charge is 0.336 e. The predicted molar refractivity (Wildman–Crippen MR) is 59.1 cm³/mol. The van der Waals surface area contributed by atoms with Gasteiger partial charge in [-0.2, -0.15) is 0 Å². The van der Waals surface area contributed by atoms with Gasteiger partial charge in [0.15, 0.2) is 0 Å². The molecule has 0 saturated carbocycles. The average molecular weight is 250 g/mol. The first-order chi connectivity index (χ1) is 8.41. The first kappa shape index (κ1) is 12.1. The normalized spacial score (nSPS) is 12.4. The van der Waals surface area contributed by atoms with Crippen LogP contribution in [0.1, 0.15) is 37.4 Å². The lowest BCUT2D eigenvalue weighted by molar-refractivity contribution is -0.136. The number of aliphatic carboxylic acids is 1. The molecule has 1 aliphatic rings. The van der Waals surface area contributed by atoms with Crippen molar-refractivity contribution in [3.05, 3.63) is 33.9 Å². The maximum Gasteiger partial charge on any atom is 0.336 e. The van der Waals surface area contributed by atoms with E-state index in [0.29, 0.717) is 24.0 Å². The first-order valence-corrected chi connectivity index (χ1v) is 5.27. The molecule has 1 aliphatic carbocycles. The Hall–Kier alpha value is -2.37. The Morgan fingerprint density at radius 3 is 2.22 bits per heavy atom. The molecular formula is C12H10O6. The number of aromatic carboxylic acids is 2. The molecule has 0 fully saturated rings. The van der Waals surface area contributed by atoms with E-state index in [9.17, 15) is 14.4 Å². The molecule has 3 N–H and O–H groups in total. The highest BCUT2D eigenvalue weighted by molar-refractivity contribution is 5.98. The minimum atomic E-state index is -1.23. The van der Waals surface area contributed by atoms with Crippen molar-refractivity contribution < 1.29 is 29.7 Å². The van der Waals surface area contributed by atoms with E-state index < -0.39 is 24.3 Å². The van der Waals surface area contributed by atoms with Gasteiger partial charge >= 0.3 is 17.9 Å². The second-order valence-corrected chi connectivity index (χ2v) is 4.10. The van der Waals surface area contributed by atoms with Gasteiger partial charge in [0.05, 0.1) is 17.5 Å². The quantitative estimate of drug-likeness (QED) is 0.728. The van der Waals surface area contributed by atoms with E-state index in [1.807, 2.05) is 0 Å². The van der Waals surface area contributed by atoms with Crippen LogP contribution in [0.5, 0.6) is 0 Å². The Balaban J connectivity index is 2.69. The number of aryl methyl sites for hydroxylation is 1. The highest BCUT2D eigenvalue weighted by Crippen LogP contribution is 2.32. The Morgan fingerprint density at radius 1 is 1.06 bits per heavy atom. The van der Waals surface area contributed by atoms with Crippen molar-refractivity contribution in [2.75, 3.05) is 0 Å². The van der Waals surface area contributed by atoms with Crippen molar-refractivity contribution in [1.82, 2.24) is 0 Å². The third-order valence-electron chi connectivity index (χ3n) is 3.05. The second kappa shape index (κ2) is 4.14. The summed E-state index contributed by atoms with van der Waals surface area (Å²) in [6, 6.07) is 1.28. The largest absolute Gasteiger partial charge is 0.481 e. The number of fused-ring (bicyclic) bond motifs is 2. The van der Waals surface area contributed by atoms with Crippen LogP contribution in [0.2, 0.25) is 0 Å². The number of hydrogen-bond acceptors (Lipinski definition) is 3. The number of carbonyl (C=O) groups is 3. The lowest BCUT2D eigenvalue weighted by atomic mass is 9.94. The van der Waals surface area contributed by atoms with Crippen molar-refractivity contribution >= 4 is 17.9 Å². The van der Waals surface area contributed by atoms with E-state index in [1.165, 1.54) is 6.07 Å². The lowest BCUT2D eigenvalue weighted by Crippen LogP contribution is -2.13. The third-order valence-corrected chi connectivity index (χ3v) is 3.05. The van der Waals surface area contributed by atoms with E-state index in [1.54, 1.807) is 0 Å². The summed E-state index contributed by atoms with van der Waals surface area (Å²) in [5.41, 5.74) is 0.874. The summed E-state index contributed by atoms with van der Waals surface area (Å²) < 4.78 is 0. The maximum absolute atomic E-state index is 11.1. The van der Waals surface area contributed by atoms with Crippen molar-refractivity contribution in [2.45, 2.75) is 19.3 Å². The fourth-order valence-electron chi connectivity index (χ4n) is 2.38. The molecule has 1 aromatic carbocycles. The molecule has 0 unspecified atom stereocenters. The molecule has 0 heterocycles. The average Bonchev–Trinajstić information content (AvgIpc) is 2.58. The molecule has 94 valence electrons. The molecule has 0 aromatic heterocycles. The van der Waals surface area contributed by atoms with Gasteiger partial charge in [0.25, 0.3) is 0 Å². The zero-order valence-electron chi connectivity index (χ0n) is 9.27. The van der Waals surface area contributed by atoms with Gasteiger partial charge < -0.3 is 15.3 Å². The van der Waals surface area contributed by atoms with Crippen LogP contribution in [-0.2, 0) is 24.1 Å². The van der Waals surface area contributed by atoms with Gasteiger partial charge in [-0.05, 0) is 35.6 Å². The summed E-state index contributed by atoms with van der Waals surface area (Å²) in [7, 11) is 0. The number of carboxylic acid groups (broad SMARTS) is 3. The molecular weight excluding hydrogens is 240 g/mol. The molecule has 2 rings (SSSR count). The molecule has 0 aliphatic heterocycles. The molecule has 1 aromatic rings. The van der Waals surface area contributed by atoms with Crippen molar-refractivity contribution in [1.29, 1.82) is 0 Å². The van der Waals surface area contributed by atoms with Gasteiger partial charge in [-0.3, -0.25) is 4.79 Å². The summed E-state index contributed by atoms with van der Waals surface area (Å²) in [5, 5.41) is 26.9. The van der Waals surface area contributed by atoms with Gasteiger partial charge in [0, 0.05) is 0 Å². The van der Waals surface area contributed by atoms with Crippen molar-refractivity contribution in [3.63, 3.8) is 0 Å². The molecule has 0 radical (unpaired) electrons. The summed E-state index contributed by atoms with van der Waals surface area (Å²) in [6.07, 6.45) is 0.348. The van der Waals surface area contributed by atoms with Crippen LogP contribution in [0, 0.1) is 0 Å². The number of rotatable bonds is 4. The predicted octanol–water partition coefficient (Wildman–Crippen LogP) is 0.809. The monoisotopic (exact) mass is 250 g/mol. The zero-order valence-corrected chi connectivity index (χ0v) is 9.27. The standard InChI is InChI=1S/C12H10O6/c13-9(14)4-7-6-2-1-5(10(6)12(17)18)3-8(7)11(15)16/h3H,1-2,4H2,(H,13,14)(H,15,16)(H,17,18). The van der Waals surface area contributed by atoms with E-state index in [2.05, 4.69) is 0 Å². The number of hydrogen-bond donors (Lipinski definition) is 3. The highest BCUT2D eigenvalue weighted by Gasteiger charge is 2.29. The maximum atomic E-state index is 11.1. The van der Waals surface area contributed by atoms with Gasteiger partial charge in [0.2, 0.25) is 0 Å². The second-order valence-electron chi connectivity index (χ2n) is 4.10. The molecule has 0 spiro atoms. The summed E-state index contributed by atoms with van der Waals surface area (Å²) >= 11 is 0. The van der Waals surface area contributed by atoms with Crippen molar-refractivity contribution in [2.24, 2.45) is 0 Å². The number of benzene rings is 1. The van der Waals surface area contributed by atoms with Crippen LogP contribution in [-0.4, -0.2) is 33.2 Å². The molecule has 0 atom stereocenters. The molecule has 6 heteroatoms. The van der Waals surface area contributed by atoms with E-state index >= 15 is 0 Å². The van der Waals surface area contributed by atoms with Gasteiger partial charge in [-0.1, -0.05) is 0 Å². The minimum absolute atomic E-state index is 0.0660. The Labute approximate surface area is 101 Å². The van der Waals surface area contributed by atoms with Crippen molar-refractivity contribution in [3.8, 4) is 0 Å². The highest BCUT2D eigenvalue weighted by atomic mass is 16.4. The molecule has 6 nitrogen and oxygen atoms in total. The van der Waals surface area contributed by atoms with E-state index in [-0.39, 0.29) is 16.7 Å². The SMILES string of the molecule is O=C(O)Cc1c(C(=O)O)cc2c(C(=O)O)c1CC2. The summed E-state index contributed by atoms with van der Waals surface area (Å²) in [4.78, 5) is 33.0. The molecule has 0 saturated heterocycles. The fraction of sp³-hybridized carbons (Fsp3) is 0.250. The summed E-state index contributed by atoms with van der Waals surface area (Å²) in [5.74, 6) is -3.54. The van der Waals surface area contributed by atoms with Crippen LogP contribution in [0.25, 0.3) is 0 Å². The Bertz CT molecular complexity index is 572. The molecule has 0 amide bonds. The van der Waals surface area contributed by atoms with Crippen LogP contribution < -0.4 is 0 Å². The van der Waals surface area contributed by atoms with Crippen LogP contribution in [0.4, 0.5) is 0 Å².